The maximum absolute atomic E-state index is 13.9. The Hall–Kier alpha value is -4.12. The third-order valence-corrected chi connectivity index (χ3v) is 6.50. The molecule has 36 heavy (non-hydrogen) atoms. The van der Waals surface area contributed by atoms with Gasteiger partial charge >= 0.3 is 0 Å². The van der Waals surface area contributed by atoms with Gasteiger partial charge in [0.05, 0.1) is 12.2 Å². The van der Waals surface area contributed by atoms with Gasteiger partial charge in [0.15, 0.2) is 5.65 Å². The first-order valence-electron chi connectivity index (χ1n) is 11.9. The summed E-state index contributed by atoms with van der Waals surface area (Å²) in [5.74, 6) is -0.813. The summed E-state index contributed by atoms with van der Waals surface area (Å²) in [4.78, 5) is 19.9. The van der Waals surface area contributed by atoms with Crippen molar-refractivity contribution in [2.24, 2.45) is 0 Å². The van der Waals surface area contributed by atoms with Crippen LogP contribution >= 0.6 is 0 Å². The molecule has 1 amide bonds. The van der Waals surface area contributed by atoms with Crippen molar-refractivity contribution in [2.75, 3.05) is 0 Å². The fraction of sp³-hybridized carbons (Fsp3) is 0.286. The van der Waals surface area contributed by atoms with E-state index in [1.807, 2.05) is 20.8 Å². The molecule has 8 heteroatoms. The van der Waals surface area contributed by atoms with Crippen LogP contribution < -0.4 is 0 Å². The van der Waals surface area contributed by atoms with E-state index in [-0.39, 0.29) is 36.5 Å². The zero-order chi connectivity index (χ0) is 25.8. The number of fused-ring (bicyclic) bond motifs is 1. The van der Waals surface area contributed by atoms with E-state index in [4.69, 9.17) is 0 Å². The first-order chi connectivity index (χ1) is 17.3. The maximum Gasteiger partial charge on any atom is 0.223 e. The number of benzene rings is 2. The molecule has 0 aliphatic heterocycles. The van der Waals surface area contributed by atoms with Crippen molar-refractivity contribution in [3.63, 3.8) is 0 Å². The van der Waals surface area contributed by atoms with Crippen LogP contribution in [-0.2, 0) is 17.8 Å². The van der Waals surface area contributed by atoms with Crippen LogP contribution in [0.4, 0.5) is 8.78 Å². The van der Waals surface area contributed by atoms with E-state index in [0.717, 1.165) is 22.5 Å². The highest BCUT2D eigenvalue weighted by Crippen LogP contribution is 2.28. The molecule has 0 spiro atoms. The number of nitriles is 1. The number of aryl methyl sites for hydroxylation is 2. The summed E-state index contributed by atoms with van der Waals surface area (Å²) in [5, 5.41) is 13.6. The Morgan fingerprint density at radius 3 is 2.56 bits per heavy atom. The lowest BCUT2D eigenvalue weighted by Crippen LogP contribution is -2.34. The second kappa shape index (κ2) is 10.6. The number of carbonyl (C=O) groups excluding carboxylic acids is 1. The Kier molecular flexibility index (Phi) is 7.39. The molecule has 2 aromatic carbocycles. The molecule has 2 aromatic heterocycles. The Labute approximate surface area is 208 Å². The van der Waals surface area contributed by atoms with Crippen LogP contribution in [0, 0.1) is 36.8 Å². The lowest BCUT2D eigenvalue weighted by molar-refractivity contribution is -0.134. The average molecular weight is 488 g/mol. The van der Waals surface area contributed by atoms with Crippen molar-refractivity contribution >= 4 is 11.6 Å². The third kappa shape index (κ3) is 5.10. The standard InChI is InChI=1S/C28H27F2N5O/c1-4-26(21-8-10-23(29)11-9-21)34(17-20-6-5-7-24(30)14-20)27(36)13-12-25-18(2)33-28-22(15-31)16-32-35(28)19(25)3/h5-11,14,16,26H,4,12-13,17H2,1-3H3. The Morgan fingerprint density at radius 1 is 1.14 bits per heavy atom. The zero-order valence-electron chi connectivity index (χ0n) is 20.5. The molecule has 0 bridgehead atoms. The molecule has 0 fully saturated rings. The van der Waals surface area contributed by atoms with Gasteiger partial charge in [-0.25, -0.2) is 18.3 Å². The smallest absolute Gasteiger partial charge is 0.223 e. The number of hydrogen-bond donors (Lipinski definition) is 0. The second-order valence-corrected chi connectivity index (χ2v) is 8.79. The Morgan fingerprint density at radius 2 is 1.89 bits per heavy atom. The number of halogens is 2. The van der Waals surface area contributed by atoms with Gasteiger partial charge in [0.2, 0.25) is 5.91 Å². The maximum atomic E-state index is 13.9. The van der Waals surface area contributed by atoms with E-state index in [2.05, 4.69) is 16.2 Å². The first-order valence-corrected chi connectivity index (χ1v) is 11.9. The molecule has 2 heterocycles. The van der Waals surface area contributed by atoms with Crippen molar-refractivity contribution in [3.05, 3.63) is 100 Å². The highest BCUT2D eigenvalue weighted by Gasteiger charge is 2.25. The molecule has 0 aliphatic carbocycles. The van der Waals surface area contributed by atoms with Gasteiger partial charge in [0, 0.05) is 24.4 Å². The number of rotatable bonds is 8. The highest BCUT2D eigenvalue weighted by molar-refractivity contribution is 5.77. The van der Waals surface area contributed by atoms with Gasteiger partial charge < -0.3 is 4.90 Å². The molecule has 0 radical (unpaired) electrons. The molecular weight excluding hydrogens is 460 g/mol. The summed E-state index contributed by atoms with van der Waals surface area (Å²) in [6.45, 7) is 5.95. The van der Waals surface area contributed by atoms with Crippen LogP contribution in [0.2, 0.25) is 0 Å². The van der Waals surface area contributed by atoms with E-state index >= 15 is 0 Å². The monoisotopic (exact) mass is 487 g/mol. The minimum atomic E-state index is -0.365. The van der Waals surface area contributed by atoms with Crippen LogP contribution in [0.3, 0.4) is 0 Å². The highest BCUT2D eigenvalue weighted by atomic mass is 19.1. The predicted octanol–water partition coefficient (Wildman–Crippen LogP) is 5.61. The van der Waals surface area contributed by atoms with Crippen LogP contribution in [0.15, 0.2) is 54.7 Å². The van der Waals surface area contributed by atoms with Crippen LogP contribution in [0.1, 0.15) is 59.4 Å². The summed E-state index contributed by atoms with van der Waals surface area (Å²) in [7, 11) is 0. The largest absolute Gasteiger partial charge is 0.331 e. The molecule has 0 N–H and O–H groups in total. The third-order valence-electron chi connectivity index (χ3n) is 6.50. The van der Waals surface area contributed by atoms with E-state index in [9.17, 15) is 18.8 Å². The van der Waals surface area contributed by atoms with E-state index in [1.165, 1.54) is 30.5 Å². The van der Waals surface area contributed by atoms with Gasteiger partial charge in [0.25, 0.3) is 0 Å². The molecule has 0 saturated carbocycles. The van der Waals surface area contributed by atoms with Crippen molar-refractivity contribution in [1.82, 2.24) is 19.5 Å². The molecule has 0 aliphatic rings. The molecule has 4 aromatic rings. The minimum Gasteiger partial charge on any atom is -0.331 e. The summed E-state index contributed by atoms with van der Waals surface area (Å²) in [5.41, 5.74) is 4.86. The van der Waals surface area contributed by atoms with Crippen molar-refractivity contribution < 1.29 is 13.6 Å². The number of aromatic nitrogens is 3. The summed E-state index contributed by atoms with van der Waals surface area (Å²) in [6.07, 6.45) is 2.73. The summed E-state index contributed by atoms with van der Waals surface area (Å²) >= 11 is 0. The number of hydrogen-bond acceptors (Lipinski definition) is 4. The van der Waals surface area contributed by atoms with Crippen molar-refractivity contribution in [3.8, 4) is 6.07 Å². The van der Waals surface area contributed by atoms with Gasteiger partial charge in [-0.05, 0) is 67.6 Å². The van der Waals surface area contributed by atoms with Crippen LogP contribution in [0.25, 0.3) is 5.65 Å². The summed E-state index contributed by atoms with van der Waals surface area (Å²) in [6, 6.07) is 14.2. The van der Waals surface area contributed by atoms with Crippen LogP contribution in [-0.4, -0.2) is 25.4 Å². The fourth-order valence-electron chi connectivity index (χ4n) is 4.65. The Balaban J connectivity index is 1.63. The molecule has 6 nitrogen and oxygen atoms in total. The quantitative estimate of drug-likeness (QED) is 0.324. The zero-order valence-corrected chi connectivity index (χ0v) is 20.5. The van der Waals surface area contributed by atoms with Gasteiger partial charge in [-0.1, -0.05) is 31.2 Å². The SMILES string of the molecule is CCC(c1ccc(F)cc1)N(Cc1cccc(F)c1)C(=O)CCc1c(C)nc2c(C#N)cnn2c1C. The molecule has 4 rings (SSSR count). The molecular formula is C28H27F2N5O. The molecule has 1 atom stereocenters. The van der Waals surface area contributed by atoms with Gasteiger partial charge in [-0.3, -0.25) is 4.79 Å². The van der Waals surface area contributed by atoms with Crippen molar-refractivity contribution in [1.29, 1.82) is 5.26 Å². The normalized spacial score (nSPS) is 11.9. The van der Waals surface area contributed by atoms with Crippen LogP contribution in [0.5, 0.6) is 0 Å². The van der Waals surface area contributed by atoms with E-state index < -0.39 is 0 Å². The molecule has 1 unspecified atom stereocenters. The van der Waals surface area contributed by atoms with Gasteiger partial charge in [0.1, 0.15) is 23.3 Å². The molecule has 184 valence electrons. The Bertz CT molecular complexity index is 1440. The van der Waals surface area contributed by atoms with Gasteiger partial charge in [-0.2, -0.15) is 10.4 Å². The van der Waals surface area contributed by atoms with Gasteiger partial charge in [-0.15, -0.1) is 0 Å². The second-order valence-electron chi connectivity index (χ2n) is 8.79. The predicted molar refractivity (Wildman–Crippen MR) is 132 cm³/mol. The van der Waals surface area contributed by atoms with E-state index in [1.54, 1.807) is 33.7 Å². The summed E-state index contributed by atoms with van der Waals surface area (Å²) < 4.78 is 29.1. The van der Waals surface area contributed by atoms with Crippen molar-refractivity contribution in [2.45, 2.75) is 52.6 Å². The first kappa shape index (κ1) is 25.0. The molecule has 0 saturated heterocycles. The lowest BCUT2D eigenvalue weighted by atomic mass is 10.00. The number of carbonyl (C=O) groups is 1. The number of amides is 1. The topological polar surface area (TPSA) is 74.3 Å². The fourth-order valence-corrected chi connectivity index (χ4v) is 4.65. The van der Waals surface area contributed by atoms with E-state index in [0.29, 0.717) is 29.6 Å². The lowest BCUT2D eigenvalue weighted by Gasteiger charge is -2.32. The minimum absolute atomic E-state index is 0.104. The number of nitrogens with zero attached hydrogens (tertiary/aromatic N) is 5. The average Bonchev–Trinajstić information content (AvgIpc) is 3.27.